The molecule has 0 heterocycles. The van der Waals surface area contributed by atoms with Gasteiger partial charge >= 0.3 is 5.97 Å². The van der Waals surface area contributed by atoms with E-state index in [1.807, 2.05) is 0 Å². The first-order valence-corrected chi connectivity index (χ1v) is 4.94. The second kappa shape index (κ2) is 5.05. The quantitative estimate of drug-likeness (QED) is 0.574. The minimum absolute atomic E-state index is 0.187. The molecule has 0 fully saturated rings. The molecular weight excluding hydrogens is 257 g/mol. The topological polar surface area (TPSA) is 86.6 Å². The van der Waals surface area contributed by atoms with Crippen molar-refractivity contribution in [2.24, 2.45) is 0 Å². The van der Waals surface area contributed by atoms with Crippen LogP contribution in [0.3, 0.4) is 0 Å². The van der Waals surface area contributed by atoms with E-state index < -0.39 is 22.5 Å². The lowest BCUT2D eigenvalue weighted by Crippen LogP contribution is -2.18. The van der Waals surface area contributed by atoms with Crippen LogP contribution < -0.4 is 5.32 Å². The lowest BCUT2D eigenvalue weighted by atomic mass is 10.2. The molecule has 1 aromatic rings. The van der Waals surface area contributed by atoms with Gasteiger partial charge in [0.15, 0.2) is 4.84 Å². The highest BCUT2D eigenvalue weighted by Gasteiger charge is 2.14. The second-order valence-electron chi connectivity index (χ2n) is 2.83. The van der Waals surface area contributed by atoms with Gasteiger partial charge in [-0.15, -0.1) is 0 Å². The smallest absolute Gasteiger partial charge is 0.339 e. The predicted octanol–water partition coefficient (Wildman–Crippen LogP) is 1.83. The summed E-state index contributed by atoms with van der Waals surface area (Å²) in [5.74, 6) is -2.37. The third kappa shape index (κ3) is 3.01. The molecule has 3 N–H and O–H groups in total. The summed E-state index contributed by atoms with van der Waals surface area (Å²) in [5.41, 5.74) is -0.134. The molecule has 0 aliphatic rings. The highest BCUT2D eigenvalue weighted by molar-refractivity contribution is 6.54. The van der Waals surface area contributed by atoms with Crippen LogP contribution >= 0.6 is 23.2 Å². The molecule has 0 spiro atoms. The molecule has 1 aromatic carbocycles. The zero-order valence-corrected chi connectivity index (χ0v) is 9.29. The number of aromatic hydroxyl groups is 1. The number of aromatic carboxylic acids is 1. The zero-order chi connectivity index (χ0) is 12.3. The van der Waals surface area contributed by atoms with E-state index in [0.717, 1.165) is 12.1 Å². The summed E-state index contributed by atoms with van der Waals surface area (Å²) in [4.78, 5) is 20.5. The Bertz CT molecular complexity index is 434. The molecule has 86 valence electrons. The molecular formula is C9H7Cl2NO4. The van der Waals surface area contributed by atoms with Gasteiger partial charge < -0.3 is 15.5 Å². The van der Waals surface area contributed by atoms with Crippen LogP contribution in [-0.4, -0.2) is 26.9 Å². The van der Waals surface area contributed by atoms with Crippen molar-refractivity contribution in [3.63, 3.8) is 0 Å². The maximum Gasteiger partial charge on any atom is 0.339 e. The number of phenols is 1. The molecule has 0 aliphatic carbocycles. The van der Waals surface area contributed by atoms with Crippen molar-refractivity contribution in [1.82, 2.24) is 0 Å². The Labute approximate surface area is 101 Å². The monoisotopic (exact) mass is 263 g/mol. The standard InChI is InChI=1S/C9H7Cl2NO4/c10-7(11)8(14)12-4-1-2-6(13)5(3-4)9(15)16/h1-3,7,13H,(H,12,14)(H,15,16). The summed E-state index contributed by atoms with van der Waals surface area (Å²) in [6, 6.07) is 3.58. The van der Waals surface area contributed by atoms with Gasteiger partial charge in [0.2, 0.25) is 0 Å². The number of rotatable bonds is 3. The summed E-state index contributed by atoms with van der Waals surface area (Å²) < 4.78 is 0. The number of carboxylic acid groups (broad SMARTS) is 1. The Morgan fingerprint density at radius 3 is 2.44 bits per heavy atom. The van der Waals surface area contributed by atoms with E-state index in [-0.39, 0.29) is 11.3 Å². The third-order valence-electron chi connectivity index (χ3n) is 1.69. The molecule has 0 unspecified atom stereocenters. The van der Waals surface area contributed by atoms with Crippen LogP contribution in [-0.2, 0) is 4.79 Å². The van der Waals surface area contributed by atoms with Gasteiger partial charge in [-0.2, -0.15) is 0 Å². The van der Waals surface area contributed by atoms with E-state index in [1.165, 1.54) is 6.07 Å². The SMILES string of the molecule is O=C(O)c1cc(NC(=O)C(Cl)Cl)ccc1O. The first-order chi connectivity index (χ1) is 7.41. The summed E-state index contributed by atoms with van der Waals surface area (Å²) in [7, 11) is 0. The second-order valence-corrected chi connectivity index (χ2v) is 3.92. The molecule has 0 atom stereocenters. The van der Waals surface area contributed by atoms with Crippen molar-refractivity contribution in [3.05, 3.63) is 23.8 Å². The van der Waals surface area contributed by atoms with Crippen LogP contribution in [0, 0.1) is 0 Å². The van der Waals surface area contributed by atoms with Crippen LogP contribution in [0.5, 0.6) is 5.75 Å². The number of carbonyl (C=O) groups is 2. The van der Waals surface area contributed by atoms with Gasteiger partial charge in [0, 0.05) is 5.69 Å². The summed E-state index contributed by atoms with van der Waals surface area (Å²) in [5, 5.41) is 20.2. The molecule has 0 radical (unpaired) electrons. The number of hydrogen-bond acceptors (Lipinski definition) is 3. The van der Waals surface area contributed by atoms with Crippen LogP contribution in [0.4, 0.5) is 5.69 Å². The Balaban J connectivity index is 2.95. The first-order valence-electron chi connectivity index (χ1n) is 4.07. The number of halogens is 2. The van der Waals surface area contributed by atoms with Crippen molar-refractivity contribution in [1.29, 1.82) is 0 Å². The fraction of sp³-hybridized carbons (Fsp3) is 0.111. The average molecular weight is 264 g/mol. The summed E-state index contributed by atoms with van der Waals surface area (Å²) in [6.07, 6.45) is 0. The van der Waals surface area contributed by atoms with Gasteiger partial charge in [-0.05, 0) is 18.2 Å². The average Bonchev–Trinajstić information content (AvgIpc) is 2.20. The highest BCUT2D eigenvalue weighted by atomic mass is 35.5. The van der Waals surface area contributed by atoms with Gasteiger partial charge in [-0.3, -0.25) is 4.79 Å². The Kier molecular flexibility index (Phi) is 3.98. The van der Waals surface area contributed by atoms with Gasteiger partial charge in [0.05, 0.1) is 0 Å². The molecule has 1 rings (SSSR count). The van der Waals surface area contributed by atoms with Crippen molar-refractivity contribution in [2.45, 2.75) is 4.84 Å². The van der Waals surface area contributed by atoms with E-state index in [1.54, 1.807) is 0 Å². The van der Waals surface area contributed by atoms with Crippen LogP contribution in [0.1, 0.15) is 10.4 Å². The van der Waals surface area contributed by atoms with Gasteiger partial charge in [0.25, 0.3) is 5.91 Å². The molecule has 0 aromatic heterocycles. The number of carboxylic acids is 1. The Morgan fingerprint density at radius 2 is 1.94 bits per heavy atom. The minimum Gasteiger partial charge on any atom is -0.507 e. The molecule has 0 saturated carbocycles. The molecule has 0 bridgehead atoms. The van der Waals surface area contributed by atoms with E-state index in [9.17, 15) is 14.7 Å². The number of benzene rings is 1. The number of hydrogen-bond donors (Lipinski definition) is 3. The molecule has 7 heteroatoms. The summed E-state index contributed by atoms with van der Waals surface area (Å²) >= 11 is 10.6. The predicted molar refractivity (Wildman–Crippen MR) is 59.2 cm³/mol. The molecule has 16 heavy (non-hydrogen) atoms. The van der Waals surface area contributed by atoms with Gasteiger partial charge in [-0.1, -0.05) is 23.2 Å². The number of carbonyl (C=O) groups excluding carboxylic acids is 1. The lowest BCUT2D eigenvalue weighted by molar-refractivity contribution is -0.114. The van der Waals surface area contributed by atoms with Crippen molar-refractivity contribution in [3.8, 4) is 5.75 Å². The third-order valence-corrected chi connectivity index (χ3v) is 2.09. The first kappa shape index (κ1) is 12.6. The number of alkyl halides is 2. The van der Waals surface area contributed by atoms with Crippen LogP contribution in [0.15, 0.2) is 18.2 Å². The maximum absolute atomic E-state index is 11.1. The Morgan fingerprint density at radius 1 is 1.31 bits per heavy atom. The fourth-order valence-corrected chi connectivity index (χ4v) is 1.09. The fourth-order valence-electron chi connectivity index (χ4n) is 0.982. The Hall–Kier alpha value is -1.46. The van der Waals surface area contributed by atoms with Gasteiger partial charge in [0.1, 0.15) is 11.3 Å². The van der Waals surface area contributed by atoms with Crippen molar-refractivity contribution in [2.75, 3.05) is 5.32 Å². The maximum atomic E-state index is 11.1. The number of anilines is 1. The molecule has 0 saturated heterocycles. The molecule has 0 aliphatic heterocycles. The van der Waals surface area contributed by atoms with Crippen molar-refractivity contribution < 1.29 is 19.8 Å². The highest BCUT2D eigenvalue weighted by Crippen LogP contribution is 2.21. The van der Waals surface area contributed by atoms with Crippen LogP contribution in [0.2, 0.25) is 0 Å². The van der Waals surface area contributed by atoms with Gasteiger partial charge in [-0.25, -0.2) is 4.79 Å². The lowest BCUT2D eigenvalue weighted by Gasteiger charge is -2.07. The van der Waals surface area contributed by atoms with E-state index >= 15 is 0 Å². The van der Waals surface area contributed by atoms with E-state index in [4.69, 9.17) is 28.3 Å². The van der Waals surface area contributed by atoms with Crippen LogP contribution in [0.25, 0.3) is 0 Å². The minimum atomic E-state index is -1.30. The normalized spacial score (nSPS) is 10.2. The number of nitrogens with one attached hydrogen (secondary N) is 1. The summed E-state index contributed by atoms with van der Waals surface area (Å²) in [6.45, 7) is 0. The van der Waals surface area contributed by atoms with E-state index in [0.29, 0.717) is 0 Å². The molecule has 1 amide bonds. The van der Waals surface area contributed by atoms with Crippen molar-refractivity contribution >= 4 is 40.8 Å². The number of amides is 1. The largest absolute Gasteiger partial charge is 0.507 e. The van der Waals surface area contributed by atoms with E-state index in [2.05, 4.69) is 5.32 Å². The zero-order valence-electron chi connectivity index (χ0n) is 7.78. The molecule has 5 nitrogen and oxygen atoms in total.